The van der Waals surface area contributed by atoms with Gasteiger partial charge in [-0.1, -0.05) is 25.3 Å². The minimum atomic E-state index is -0.812. The number of cyclic esters (lactones) is 1. The average Bonchev–Trinajstić information content (AvgIpc) is 3.17. The molecule has 3 aromatic rings. The zero-order chi connectivity index (χ0) is 27.1. The fourth-order valence-corrected chi connectivity index (χ4v) is 6.10. The van der Waals surface area contributed by atoms with Crippen LogP contribution in [0.2, 0.25) is 0 Å². The quantitative estimate of drug-likeness (QED) is 0.367. The number of aromatic hydroxyl groups is 1. The minimum absolute atomic E-state index is 0.137. The molecule has 3 fully saturated rings. The van der Waals surface area contributed by atoms with Gasteiger partial charge in [-0.25, -0.2) is 18.6 Å². The second-order valence-electron chi connectivity index (χ2n) is 11.0. The van der Waals surface area contributed by atoms with Gasteiger partial charge in [-0.2, -0.15) is 0 Å². The lowest BCUT2D eigenvalue weighted by atomic mass is 9.83. The third-order valence-electron chi connectivity index (χ3n) is 8.45. The molecule has 6 nitrogen and oxygen atoms in total. The van der Waals surface area contributed by atoms with Gasteiger partial charge in [0, 0.05) is 35.8 Å². The maximum Gasteiger partial charge on any atom is 0.411 e. The van der Waals surface area contributed by atoms with Gasteiger partial charge in [-0.3, -0.25) is 4.90 Å². The van der Waals surface area contributed by atoms with Crippen LogP contribution in [0.25, 0.3) is 11.1 Å². The lowest BCUT2D eigenvalue weighted by Gasteiger charge is -2.33. The van der Waals surface area contributed by atoms with E-state index in [0.29, 0.717) is 17.2 Å². The molecule has 0 bridgehead atoms. The number of hydrogen-bond donors (Lipinski definition) is 1. The first-order valence-corrected chi connectivity index (χ1v) is 13.9. The summed E-state index contributed by atoms with van der Waals surface area (Å²) in [6, 6.07) is 12.5. The summed E-state index contributed by atoms with van der Waals surface area (Å²) in [7, 11) is 0. The first kappa shape index (κ1) is 25.6. The summed E-state index contributed by atoms with van der Waals surface area (Å²) in [5, 5.41) is 10.9. The van der Waals surface area contributed by atoms with Crippen molar-refractivity contribution >= 4 is 11.9 Å². The number of anilines is 1. The Morgan fingerprint density at radius 3 is 2.36 bits per heavy atom. The molecule has 39 heavy (non-hydrogen) atoms. The number of benzene rings is 2. The second kappa shape index (κ2) is 10.5. The molecule has 2 saturated heterocycles. The molecule has 2 aromatic carbocycles. The van der Waals surface area contributed by atoms with E-state index in [4.69, 9.17) is 9.72 Å². The smallest absolute Gasteiger partial charge is 0.411 e. The van der Waals surface area contributed by atoms with E-state index in [9.17, 15) is 18.7 Å². The number of aromatic nitrogens is 1. The molecule has 204 valence electrons. The first-order chi connectivity index (χ1) is 18.9. The van der Waals surface area contributed by atoms with Crippen LogP contribution >= 0.6 is 0 Å². The van der Waals surface area contributed by atoms with Gasteiger partial charge < -0.3 is 14.7 Å². The highest BCUT2D eigenvalue weighted by Crippen LogP contribution is 2.40. The number of nitrogens with zero attached hydrogens (tertiary/aromatic N) is 3. The number of phenols is 1. The highest BCUT2D eigenvalue weighted by molar-refractivity contribution is 5.76. The number of phenolic OH excluding ortho intramolecular Hbond substituents is 1. The van der Waals surface area contributed by atoms with Gasteiger partial charge in [0.25, 0.3) is 0 Å². The summed E-state index contributed by atoms with van der Waals surface area (Å²) >= 11 is 0. The van der Waals surface area contributed by atoms with Crippen LogP contribution in [-0.4, -0.2) is 40.2 Å². The Hall–Kier alpha value is -3.68. The van der Waals surface area contributed by atoms with Gasteiger partial charge in [0.2, 0.25) is 0 Å². The number of halogens is 2. The standard InChI is InChI=1S/C31H33F2N3O3/c1-19-30(22-14-23(32)17-24(33)15-22)39-31(38)36(19)18-27-25(9-11-29(34-27)35-12-5-13-35)26-16-21(8-10-28(26)37)20-6-3-2-4-7-20/h8-11,14-17,19-20,30,37H,2-7,12-13,18H2,1H3/t19-,30-/m0/s1. The number of hydrogen-bond acceptors (Lipinski definition) is 5. The molecular formula is C31H33F2N3O3. The normalized spacial score (nSPS) is 21.7. The van der Waals surface area contributed by atoms with Crippen molar-refractivity contribution < 1.29 is 23.4 Å². The molecule has 1 amide bonds. The fraction of sp³-hybridized carbons (Fsp3) is 0.419. The van der Waals surface area contributed by atoms with E-state index in [-0.39, 0.29) is 17.9 Å². The van der Waals surface area contributed by atoms with Gasteiger partial charge in [-0.05, 0) is 74.1 Å². The molecule has 3 heterocycles. The predicted molar refractivity (Wildman–Crippen MR) is 145 cm³/mol. The molecular weight excluding hydrogens is 500 g/mol. The summed E-state index contributed by atoms with van der Waals surface area (Å²) in [5.41, 5.74) is 3.58. The largest absolute Gasteiger partial charge is 0.507 e. The lowest BCUT2D eigenvalue weighted by molar-refractivity contribution is 0.130. The molecule has 6 rings (SSSR count). The number of carbonyl (C=O) groups excluding carboxylic acids is 1. The van der Waals surface area contributed by atoms with Crippen LogP contribution in [0.15, 0.2) is 48.5 Å². The van der Waals surface area contributed by atoms with Crippen molar-refractivity contribution in [3.8, 4) is 16.9 Å². The molecule has 0 unspecified atom stereocenters. The van der Waals surface area contributed by atoms with Crippen LogP contribution in [0.3, 0.4) is 0 Å². The summed E-state index contributed by atoms with van der Waals surface area (Å²) in [4.78, 5) is 21.7. The Morgan fingerprint density at radius 1 is 0.923 bits per heavy atom. The van der Waals surface area contributed by atoms with E-state index in [1.54, 1.807) is 17.9 Å². The van der Waals surface area contributed by atoms with Gasteiger partial charge in [0.15, 0.2) is 0 Å². The van der Waals surface area contributed by atoms with Crippen molar-refractivity contribution in [2.24, 2.45) is 0 Å². The number of pyridine rings is 1. The zero-order valence-electron chi connectivity index (χ0n) is 22.1. The van der Waals surface area contributed by atoms with E-state index < -0.39 is 29.9 Å². The van der Waals surface area contributed by atoms with E-state index in [1.165, 1.54) is 37.0 Å². The minimum Gasteiger partial charge on any atom is -0.507 e. The van der Waals surface area contributed by atoms with Crippen LogP contribution in [0.5, 0.6) is 5.75 Å². The number of ether oxygens (including phenoxy) is 1. The summed E-state index contributed by atoms with van der Waals surface area (Å²) in [6.07, 6.45) is 5.69. The molecule has 2 atom stereocenters. The molecule has 0 radical (unpaired) electrons. The van der Waals surface area contributed by atoms with Crippen molar-refractivity contribution in [2.45, 2.75) is 70.1 Å². The first-order valence-electron chi connectivity index (χ1n) is 13.9. The molecule has 1 aliphatic carbocycles. The Bertz CT molecular complexity index is 1370. The van der Waals surface area contributed by atoms with Crippen molar-refractivity contribution in [1.29, 1.82) is 0 Å². The summed E-state index contributed by atoms with van der Waals surface area (Å²) in [6.45, 7) is 3.78. The predicted octanol–water partition coefficient (Wildman–Crippen LogP) is 7.07. The van der Waals surface area contributed by atoms with Gasteiger partial charge in [0.05, 0.1) is 18.3 Å². The van der Waals surface area contributed by atoms with Gasteiger partial charge >= 0.3 is 6.09 Å². The molecule has 0 spiro atoms. The Balaban J connectivity index is 1.35. The van der Waals surface area contributed by atoms with Crippen LogP contribution in [0.4, 0.5) is 19.4 Å². The summed E-state index contributed by atoms with van der Waals surface area (Å²) < 4.78 is 33.4. The average molecular weight is 534 g/mol. The van der Waals surface area contributed by atoms with Gasteiger partial charge in [0.1, 0.15) is 29.3 Å². The Labute approximate surface area is 227 Å². The van der Waals surface area contributed by atoms with Crippen molar-refractivity contribution in [1.82, 2.24) is 9.88 Å². The van der Waals surface area contributed by atoms with Crippen molar-refractivity contribution in [3.63, 3.8) is 0 Å². The zero-order valence-corrected chi connectivity index (χ0v) is 22.1. The molecule has 1 N–H and O–H groups in total. The number of amides is 1. The maximum atomic E-state index is 13.9. The molecule has 8 heteroatoms. The molecule has 1 aromatic heterocycles. The van der Waals surface area contributed by atoms with Gasteiger partial charge in [-0.15, -0.1) is 0 Å². The summed E-state index contributed by atoms with van der Waals surface area (Å²) in [5.74, 6) is 0.0275. The Kier molecular flexibility index (Phi) is 6.87. The second-order valence-corrected chi connectivity index (χ2v) is 11.0. The van der Waals surface area contributed by atoms with E-state index in [0.717, 1.165) is 49.8 Å². The lowest BCUT2D eigenvalue weighted by Crippen LogP contribution is -2.38. The van der Waals surface area contributed by atoms with E-state index >= 15 is 0 Å². The SMILES string of the molecule is C[C@H]1[C@@H](c2cc(F)cc(F)c2)OC(=O)N1Cc1nc(N2CCC2)ccc1-c1cc(C2CCCCC2)ccc1O. The Morgan fingerprint density at radius 2 is 1.67 bits per heavy atom. The topological polar surface area (TPSA) is 65.9 Å². The number of carbonyl (C=O) groups is 1. The maximum absolute atomic E-state index is 13.9. The van der Waals surface area contributed by atoms with E-state index in [1.807, 2.05) is 18.2 Å². The third kappa shape index (κ3) is 5.04. The fourth-order valence-electron chi connectivity index (χ4n) is 6.10. The van der Waals surface area contributed by atoms with Crippen molar-refractivity contribution in [2.75, 3.05) is 18.0 Å². The van der Waals surface area contributed by atoms with Crippen LogP contribution < -0.4 is 4.90 Å². The number of rotatable bonds is 6. The highest BCUT2D eigenvalue weighted by atomic mass is 19.1. The van der Waals surface area contributed by atoms with Crippen molar-refractivity contribution in [3.05, 3.63) is 77.0 Å². The van der Waals surface area contributed by atoms with Crippen LogP contribution in [-0.2, 0) is 11.3 Å². The van der Waals surface area contributed by atoms with E-state index in [2.05, 4.69) is 11.0 Å². The van der Waals surface area contributed by atoms with Crippen LogP contribution in [0.1, 0.15) is 74.3 Å². The molecule has 1 saturated carbocycles. The van der Waals surface area contributed by atoms with Crippen LogP contribution in [0, 0.1) is 11.6 Å². The highest BCUT2D eigenvalue weighted by Gasteiger charge is 2.40. The molecule has 2 aliphatic heterocycles. The monoisotopic (exact) mass is 533 g/mol. The molecule has 3 aliphatic rings. The third-order valence-corrected chi connectivity index (χ3v) is 8.45.